The second-order valence-corrected chi connectivity index (χ2v) is 10.8. The molecule has 0 saturated carbocycles. The first-order valence-electron chi connectivity index (χ1n) is 10.6. The molecule has 1 aliphatic rings. The van der Waals surface area contributed by atoms with Crippen LogP contribution in [0.25, 0.3) is 0 Å². The van der Waals surface area contributed by atoms with Crippen molar-refractivity contribution in [1.82, 2.24) is 5.32 Å². The molecule has 0 bridgehead atoms. The number of halogens is 1. The van der Waals surface area contributed by atoms with Crippen molar-refractivity contribution in [2.75, 3.05) is 17.5 Å². The summed E-state index contributed by atoms with van der Waals surface area (Å²) in [7, 11) is -3.68. The minimum atomic E-state index is -3.68. The maximum Gasteiger partial charge on any atom is 0.264 e. The lowest BCUT2D eigenvalue weighted by Gasteiger charge is -2.20. The van der Waals surface area contributed by atoms with Crippen LogP contribution >= 0.6 is 15.9 Å². The summed E-state index contributed by atoms with van der Waals surface area (Å²) in [5, 5.41) is 2.91. The molecule has 8 heteroatoms. The molecule has 0 spiro atoms. The number of benzene rings is 3. The van der Waals surface area contributed by atoms with E-state index in [1.807, 2.05) is 55.5 Å². The normalized spacial score (nSPS) is 14.0. The van der Waals surface area contributed by atoms with E-state index in [0.717, 1.165) is 21.3 Å². The summed E-state index contributed by atoms with van der Waals surface area (Å²) in [4.78, 5) is 12.6. The Labute approximate surface area is 202 Å². The van der Waals surface area contributed by atoms with Crippen molar-refractivity contribution in [3.63, 3.8) is 0 Å². The number of hydrogen-bond donors (Lipinski definition) is 1. The van der Waals surface area contributed by atoms with E-state index in [0.29, 0.717) is 24.3 Å². The van der Waals surface area contributed by atoms with Gasteiger partial charge in [0.2, 0.25) is 0 Å². The van der Waals surface area contributed by atoms with E-state index in [1.165, 1.54) is 10.4 Å². The number of fused-ring (bicyclic) bond motifs is 1. The zero-order valence-corrected chi connectivity index (χ0v) is 20.8. The Bertz CT molecular complexity index is 1290. The first-order chi connectivity index (χ1) is 15.8. The van der Waals surface area contributed by atoms with Gasteiger partial charge in [0.15, 0.2) is 6.61 Å². The van der Waals surface area contributed by atoms with Gasteiger partial charge in [-0.15, -0.1) is 0 Å². The molecule has 1 N–H and O–H groups in total. The molecule has 0 unspecified atom stereocenters. The van der Waals surface area contributed by atoms with Gasteiger partial charge < -0.3 is 10.1 Å². The fourth-order valence-corrected chi connectivity index (χ4v) is 5.92. The van der Waals surface area contributed by atoms with Crippen molar-refractivity contribution in [3.05, 3.63) is 87.9 Å². The summed E-state index contributed by atoms with van der Waals surface area (Å²) in [5.74, 6) is 0.216. The molecule has 3 aromatic carbocycles. The third kappa shape index (κ3) is 5.07. The van der Waals surface area contributed by atoms with Gasteiger partial charge in [-0.05, 0) is 73.4 Å². The molecule has 3 aromatic rings. The Morgan fingerprint density at radius 3 is 2.67 bits per heavy atom. The smallest absolute Gasteiger partial charge is 0.264 e. The van der Waals surface area contributed by atoms with E-state index in [2.05, 4.69) is 21.2 Å². The van der Waals surface area contributed by atoms with Gasteiger partial charge in [-0.25, -0.2) is 8.42 Å². The molecule has 1 aliphatic heterocycles. The molecule has 0 saturated heterocycles. The van der Waals surface area contributed by atoms with Crippen LogP contribution in [0.1, 0.15) is 29.7 Å². The highest BCUT2D eigenvalue weighted by Crippen LogP contribution is 2.33. The molecule has 0 aromatic heterocycles. The van der Waals surface area contributed by atoms with Crippen molar-refractivity contribution in [2.24, 2.45) is 0 Å². The standard InChI is InChI=1S/C25H25BrN2O4S/c1-17-14-22(33(30,31)28-13-12-19-6-3-4-9-23(19)28)10-11-24(17)32-16-25(29)27-18(2)20-7-5-8-21(26)15-20/h3-11,14-15,18H,12-13,16H2,1-2H3,(H,27,29)/t18-/m0/s1. The number of hydrogen-bond acceptors (Lipinski definition) is 4. The number of nitrogens with zero attached hydrogens (tertiary/aromatic N) is 1. The van der Waals surface area contributed by atoms with Crippen molar-refractivity contribution in [1.29, 1.82) is 0 Å². The highest BCUT2D eigenvalue weighted by molar-refractivity contribution is 9.10. The highest BCUT2D eigenvalue weighted by atomic mass is 79.9. The van der Waals surface area contributed by atoms with E-state index in [9.17, 15) is 13.2 Å². The van der Waals surface area contributed by atoms with Gasteiger partial charge in [-0.1, -0.05) is 46.3 Å². The number of aryl methyl sites for hydroxylation is 1. The van der Waals surface area contributed by atoms with Gasteiger partial charge in [-0.2, -0.15) is 0 Å². The lowest BCUT2D eigenvalue weighted by molar-refractivity contribution is -0.123. The number of sulfonamides is 1. The Balaban J connectivity index is 1.41. The van der Waals surface area contributed by atoms with Crippen LogP contribution in [0.3, 0.4) is 0 Å². The fraction of sp³-hybridized carbons (Fsp3) is 0.240. The Hall–Kier alpha value is -2.84. The van der Waals surface area contributed by atoms with Crippen LogP contribution in [0, 0.1) is 6.92 Å². The van der Waals surface area contributed by atoms with Gasteiger partial charge in [0.05, 0.1) is 16.6 Å². The second kappa shape index (κ2) is 9.57. The maximum absolute atomic E-state index is 13.2. The van der Waals surface area contributed by atoms with Gasteiger partial charge in [0, 0.05) is 11.0 Å². The minimum absolute atomic E-state index is 0.162. The topological polar surface area (TPSA) is 75.7 Å². The predicted molar refractivity (Wildman–Crippen MR) is 132 cm³/mol. The van der Waals surface area contributed by atoms with Crippen molar-refractivity contribution >= 4 is 37.5 Å². The minimum Gasteiger partial charge on any atom is -0.484 e. The van der Waals surface area contributed by atoms with Crippen LogP contribution in [0.15, 0.2) is 76.1 Å². The van der Waals surface area contributed by atoms with Gasteiger partial charge in [-0.3, -0.25) is 9.10 Å². The van der Waals surface area contributed by atoms with Crippen LogP contribution in [0.5, 0.6) is 5.75 Å². The number of amides is 1. The molecule has 0 radical (unpaired) electrons. The van der Waals surface area contributed by atoms with Crippen LogP contribution in [0.4, 0.5) is 5.69 Å². The third-order valence-electron chi connectivity index (χ3n) is 5.66. The third-order valence-corrected chi connectivity index (χ3v) is 7.97. The highest BCUT2D eigenvalue weighted by Gasteiger charge is 2.30. The van der Waals surface area contributed by atoms with E-state index in [4.69, 9.17) is 4.74 Å². The molecule has 0 fully saturated rings. The molecule has 6 nitrogen and oxygen atoms in total. The van der Waals surface area contributed by atoms with Crippen LogP contribution in [-0.2, 0) is 21.2 Å². The zero-order chi connectivity index (χ0) is 23.6. The van der Waals surface area contributed by atoms with E-state index >= 15 is 0 Å². The van der Waals surface area contributed by atoms with E-state index in [-0.39, 0.29) is 23.5 Å². The number of nitrogens with one attached hydrogen (secondary N) is 1. The number of para-hydroxylation sites is 1. The SMILES string of the molecule is Cc1cc(S(=O)(=O)N2CCc3ccccc32)ccc1OCC(=O)N[C@@H](C)c1cccc(Br)c1. The van der Waals surface area contributed by atoms with Crippen molar-refractivity contribution < 1.29 is 17.9 Å². The predicted octanol–water partition coefficient (Wildman–Crippen LogP) is 4.77. The summed E-state index contributed by atoms with van der Waals surface area (Å²) in [6.45, 7) is 3.94. The Kier molecular flexibility index (Phi) is 6.76. The van der Waals surface area contributed by atoms with Gasteiger partial charge in [0.1, 0.15) is 5.75 Å². The molecular formula is C25H25BrN2O4S. The number of carbonyl (C=O) groups excluding carboxylic acids is 1. The number of anilines is 1. The average Bonchev–Trinajstić information content (AvgIpc) is 3.23. The lowest BCUT2D eigenvalue weighted by Crippen LogP contribution is -2.31. The van der Waals surface area contributed by atoms with Gasteiger partial charge in [0.25, 0.3) is 15.9 Å². The number of rotatable bonds is 7. The van der Waals surface area contributed by atoms with Crippen LogP contribution in [-0.4, -0.2) is 27.5 Å². The molecule has 33 heavy (non-hydrogen) atoms. The molecular weight excluding hydrogens is 504 g/mol. The largest absolute Gasteiger partial charge is 0.484 e. The first kappa shape index (κ1) is 23.3. The fourth-order valence-electron chi connectivity index (χ4n) is 3.91. The first-order valence-corrected chi connectivity index (χ1v) is 12.9. The monoisotopic (exact) mass is 528 g/mol. The van der Waals surface area contributed by atoms with Crippen LogP contribution < -0.4 is 14.4 Å². The molecule has 1 atom stereocenters. The summed E-state index contributed by atoms with van der Waals surface area (Å²) in [6.07, 6.45) is 0.697. The molecule has 1 amide bonds. The summed E-state index contributed by atoms with van der Waals surface area (Å²) in [5.41, 5.74) is 3.39. The Morgan fingerprint density at radius 1 is 1.12 bits per heavy atom. The number of ether oxygens (including phenoxy) is 1. The van der Waals surface area contributed by atoms with Crippen LogP contribution in [0.2, 0.25) is 0 Å². The number of carbonyl (C=O) groups is 1. The van der Waals surface area contributed by atoms with E-state index < -0.39 is 10.0 Å². The summed E-state index contributed by atoms with van der Waals surface area (Å²) < 4.78 is 34.5. The second-order valence-electron chi connectivity index (χ2n) is 8.02. The van der Waals surface area contributed by atoms with Crippen molar-refractivity contribution in [3.8, 4) is 5.75 Å². The molecule has 4 rings (SSSR count). The quantitative estimate of drug-likeness (QED) is 0.479. The Morgan fingerprint density at radius 2 is 1.91 bits per heavy atom. The molecule has 0 aliphatic carbocycles. The summed E-state index contributed by atoms with van der Waals surface area (Å²) in [6, 6.07) is 19.8. The van der Waals surface area contributed by atoms with E-state index in [1.54, 1.807) is 19.1 Å². The lowest BCUT2D eigenvalue weighted by atomic mass is 10.1. The molecule has 1 heterocycles. The zero-order valence-electron chi connectivity index (χ0n) is 18.4. The summed E-state index contributed by atoms with van der Waals surface area (Å²) >= 11 is 3.43. The van der Waals surface area contributed by atoms with Gasteiger partial charge >= 0.3 is 0 Å². The van der Waals surface area contributed by atoms with Crippen molar-refractivity contribution in [2.45, 2.75) is 31.2 Å². The maximum atomic E-state index is 13.2. The molecule has 172 valence electrons. The average molecular weight is 529 g/mol.